The van der Waals surface area contributed by atoms with Crippen molar-refractivity contribution in [3.63, 3.8) is 0 Å². The van der Waals surface area contributed by atoms with E-state index in [0.717, 1.165) is 5.56 Å². The topological polar surface area (TPSA) is 103 Å². The molecule has 10 heteroatoms. The SMILES string of the molecule is COc1ccc(S(=O)(=O)N2C[C@@H](C(=O)Nc3ccc(OC)cc3OC)Oc3cc(C)ccc32)cc1. The number of fused-ring (bicyclic) bond motifs is 1. The van der Waals surface area contributed by atoms with E-state index in [-0.39, 0.29) is 11.4 Å². The molecule has 184 valence electrons. The van der Waals surface area contributed by atoms with Crippen molar-refractivity contribution in [1.29, 1.82) is 0 Å². The van der Waals surface area contributed by atoms with Crippen LogP contribution in [0.15, 0.2) is 65.6 Å². The molecule has 0 saturated carbocycles. The number of amides is 1. The van der Waals surface area contributed by atoms with Gasteiger partial charge in [0.05, 0.1) is 44.1 Å². The largest absolute Gasteiger partial charge is 0.497 e. The Balaban J connectivity index is 1.67. The fourth-order valence-electron chi connectivity index (χ4n) is 3.72. The van der Waals surface area contributed by atoms with Gasteiger partial charge in [-0.2, -0.15) is 0 Å². The third-order valence-electron chi connectivity index (χ3n) is 5.59. The molecule has 1 atom stereocenters. The molecule has 0 aromatic heterocycles. The zero-order valence-corrected chi connectivity index (χ0v) is 20.6. The molecule has 1 amide bonds. The number of anilines is 2. The van der Waals surface area contributed by atoms with Crippen LogP contribution in [0.25, 0.3) is 0 Å². The summed E-state index contributed by atoms with van der Waals surface area (Å²) >= 11 is 0. The summed E-state index contributed by atoms with van der Waals surface area (Å²) in [5.41, 5.74) is 1.63. The highest BCUT2D eigenvalue weighted by Crippen LogP contribution is 2.38. The summed E-state index contributed by atoms with van der Waals surface area (Å²) in [6.45, 7) is 1.65. The summed E-state index contributed by atoms with van der Waals surface area (Å²) < 4.78 is 50.0. The molecule has 4 rings (SSSR count). The Morgan fingerprint density at radius 2 is 1.63 bits per heavy atom. The van der Waals surface area contributed by atoms with E-state index < -0.39 is 22.0 Å². The van der Waals surface area contributed by atoms with Crippen molar-refractivity contribution in [2.45, 2.75) is 17.9 Å². The predicted octanol–water partition coefficient (Wildman–Crippen LogP) is 3.62. The second-order valence-electron chi connectivity index (χ2n) is 7.84. The summed E-state index contributed by atoms with van der Waals surface area (Å²) in [5, 5.41) is 2.77. The van der Waals surface area contributed by atoms with Crippen LogP contribution in [-0.4, -0.2) is 48.3 Å². The molecule has 1 aliphatic rings. The molecule has 0 saturated heterocycles. The predicted molar refractivity (Wildman–Crippen MR) is 131 cm³/mol. The lowest BCUT2D eigenvalue weighted by atomic mass is 10.1. The van der Waals surface area contributed by atoms with Gasteiger partial charge in [-0.25, -0.2) is 8.42 Å². The van der Waals surface area contributed by atoms with Crippen molar-refractivity contribution in [2.24, 2.45) is 0 Å². The molecule has 35 heavy (non-hydrogen) atoms. The minimum atomic E-state index is -4.00. The molecule has 9 nitrogen and oxygen atoms in total. The molecule has 1 heterocycles. The van der Waals surface area contributed by atoms with Crippen molar-refractivity contribution in [3.8, 4) is 23.0 Å². The minimum absolute atomic E-state index is 0.0720. The van der Waals surface area contributed by atoms with Gasteiger partial charge in [-0.3, -0.25) is 9.10 Å². The molecule has 0 radical (unpaired) electrons. The first kappa shape index (κ1) is 24.2. The molecule has 0 fully saturated rings. The number of rotatable bonds is 7. The number of nitrogens with one attached hydrogen (secondary N) is 1. The van der Waals surface area contributed by atoms with Crippen molar-refractivity contribution >= 4 is 27.3 Å². The number of hydrogen-bond donors (Lipinski definition) is 1. The Bertz CT molecular complexity index is 1340. The number of aryl methyl sites for hydroxylation is 1. The van der Waals surface area contributed by atoms with Crippen LogP contribution in [0.3, 0.4) is 0 Å². The number of ether oxygens (including phenoxy) is 4. The molecule has 0 unspecified atom stereocenters. The lowest BCUT2D eigenvalue weighted by Crippen LogP contribution is -2.48. The average Bonchev–Trinajstić information content (AvgIpc) is 2.87. The van der Waals surface area contributed by atoms with Gasteiger partial charge >= 0.3 is 0 Å². The molecule has 0 aliphatic carbocycles. The van der Waals surface area contributed by atoms with Gasteiger partial charge in [-0.1, -0.05) is 6.07 Å². The van der Waals surface area contributed by atoms with Crippen LogP contribution in [0.4, 0.5) is 11.4 Å². The highest BCUT2D eigenvalue weighted by molar-refractivity contribution is 7.92. The number of sulfonamides is 1. The van der Waals surface area contributed by atoms with Gasteiger partial charge < -0.3 is 24.3 Å². The van der Waals surface area contributed by atoms with Crippen LogP contribution in [0.5, 0.6) is 23.0 Å². The lowest BCUT2D eigenvalue weighted by Gasteiger charge is -2.35. The van der Waals surface area contributed by atoms with Gasteiger partial charge in [0.15, 0.2) is 6.10 Å². The van der Waals surface area contributed by atoms with Crippen molar-refractivity contribution in [2.75, 3.05) is 37.5 Å². The van der Waals surface area contributed by atoms with Crippen LogP contribution in [0, 0.1) is 6.92 Å². The van der Waals surface area contributed by atoms with Gasteiger partial charge in [0, 0.05) is 6.07 Å². The standard InChI is InChI=1S/C25H26N2O7S/c1-16-5-12-21-23(13-16)34-24(25(28)26-20-11-8-18(32-3)14-22(20)33-4)15-27(21)35(29,30)19-9-6-17(31-2)7-10-19/h5-14,24H,15H2,1-4H3,(H,26,28)/t24-/m0/s1. The fourth-order valence-corrected chi connectivity index (χ4v) is 5.19. The van der Waals surface area contributed by atoms with E-state index >= 15 is 0 Å². The van der Waals surface area contributed by atoms with E-state index in [0.29, 0.717) is 34.4 Å². The maximum absolute atomic E-state index is 13.6. The summed E-state index contributed by atoms with van der Waals surface area (Å²) in [4.78, 5) is 13.3. The van der Waals surface area contributed by atoms with Gasteiger partial charge in [-0.15, -0.1) is 0 Å². The van der Waals surface area contributed by atoms with E-state index in [1.807, 2.05) is 6.92 Å². The zero-order valence-electron chi connectivity index (χ0n) is 19.8. The highest BCUT2D eigenvalue weighted by atomic mass is 32.2. The fraction of sp³-hybridized carbons (Fsp3) is 0.240. The number of benzene rings is 3. The van der Waals surface area contributed by atoms with E-state index in [1.165, 1.54) is 37.8 Å². The number of nitrogens with zero attached hydrogens (tertiary/aromatic N) is 1. The first-order valence-corrected chi connectivity index (χ1v) is 12.2. The van der Waals surface area contributed by atoms with Crippen LogP contribution >= 0.6 is 0 Å². The molecule has 0 spiro atoms. The number of hydrogen-bond acceptors (Lipinski definition) is 7. The third-order valence-corrected chi connectivity index (χ3v) is 7.39. The van der Waals surface area contributed by atoms with Crippen LogP contribution < -0.4 is 28.6 Å². The van der Waals surface area contributed by atoms with Crippen LogP contribution in [0.2, 0.25) is 0 Å². The minimum Gasteiger partial charge on any atom is -0.497 e. The highest BCUT2D eigenvalue weighted by Gasteiger charge is 2.38. The molecular formula is C25H26N2O7S. The second kappa shape index (κ2) is 9.75. The van der Waals surface area contributed by atoms with E-state index in [2.05, 4.69) is 5.32 Å². The van der Waals surface area contributed by atoms with Crippen LogP contribution in [0.1, 0.15) is 5.56 Å². The molecular weight excluding hydrogens is 472 g/mol. The maximum atomic E-state index is 13.6. The van der Waals surface area contributed by atoms with Gasteiger partial charge in [-0.05, 0) is 61.0 Å². The molecule has 1 N–H and O–H groups in total. The van der Waals surface area contributed by atoms with Gasteiger partial charge in [0.1, 0.15) is 23.0 Å². The Morgan fingerprint density at radius 3 is 2.29 bits per heavy atom. The maximum Gasteiger partial charge on any atom is 0.267 e. The Morgan fingerprint density at radius 1 is 0.943 bits per heavy atom. The van der Waals surface area contributed by atoms with E-state index in [1.54, 1.807) is 48.5 Å². The number of methoxy groups -OCH3 is 3. The zero-order chi connectivity index (χ0) is 25.2. The average molecular weight is 499 g/mol. The Hall–Kier alpha value is -3.92. The first-order valence-electron chi connectivity index (χ1n) is 10.7. The lowest BCUT2D eigenvalue weighted by molar-refractivity contribution is -0.122. The summed E-state index contributed by atoms with van der Waals surface area (Å²) in [7, 11) is 0.511. The second-order valence-corrected chi connectivity index (χ2v) is 9.71. The Labute approximate surface area is 204 Å². The molecule has 3 aromatic carbocycles. The van der Waals surface area contributed by atoms with E-state index in [4.69, 9.17) is 18.9 Å². The third kappa shape index (κ3) is 4.83. The van der Waals surface area contributed by atoms with Crippen molar-refractivity contribution < 1.29 is 32.2 Å². The summed E-state index contributed by atoms with van der Waals surface area (Å²) in [5.74, 6) is 1.28. The Kier molecular flexibility index (Phi) is 6.74. The smallest absolute Gasteiger partial charge is 0.267 e. The molecule has 3 aromatic rings. The number of carbonyl (C=O) groups excluding carboxylic acids is 1. The molecule has 1 aliphatic heterocycles. The monoisotopic (exact) mass is 498 g/mol. The first-order chi connectivity index (χ1) is 16.8. The van der Waals surface area contributed by atoms with E-state index in [9.17, 15) is 13.2 Å². The van der Waals surface area contributed by atoms with Gasteiger partial charge in [0.25, 0.3) is 15.9 Å². The summed E-state index contributed by atoms with van der Waals surface area (Å²) in [6.07, 6.45) is -1.11. The quantitative estimate of drug-likeness (QED) is 0.531. The normalized spacial score (nSPS) is 15.0. The van der Waals surface area contributed by atoms with Crippen molar-refractivity contribution in [1.82, 2.24) is 0 Å². The van der Waals surface area contributed by atoms with Crippen LogP contribution in [-0.2, 0) is 14.8 Å². The number of carbonyl (C=O) groups is 1. The summed E-state index contributed by atoms with van der Waals surface area (Å²) in [6, 6.07) is 16.2. The van der Waals surface area contributed by atoms with Crippen molar-refractivity contribution in [3.05, 3.63) is 66.2 Å². The molecule has 0 bridgehead atoms. The van der Waals surface area contributed by atoms with Gasteiger partial charge in [0.2, 0.25) is 0 Å².